The average Bonchev–Trinajstić information content (AvgIpc) is 2.83. The Morgan fingerprint density at radius 1 is 1.47 bits per heavy atom. The van der Waals surface area contributed by atoms with Crippen LogP contribution in [0.25, 0.3) is 0 Å². The molecular formula is C15H22ClNO2. The molecule has 0 aromatic heterocycles. The lowest BCUT2D eigenvalue weighted by Crippen LogP contribution is -2.38. The second-order valence-electron chi connectivity index (χ2n) is 5.08. The van der Waals surface area contributed by atoms with Gasteiger partial charge in [0.15, 0.2) is 0 Å². The summed E-state index contributed by atoms with van der Waals surface area (Å²) >= 11 is 6.16. The van der Waals surface area contributed by atoms with Gasteiger partial charge in [0, 0.05) is 24.6 Å². The van der Waals surface area contributed by atoms with Crippen molar-refractivity contribution < 1.29 is 9.47 Å². The fourth-order valence-corrected chi connectivity index (χ4v) is 2.94. The zero-order chi connectivity index (χ0) is 13.8. The zero-order valence-corrected chi connectivity index (χ0v) is 12.4. The summed E-state index contributed by atoms with van der Waals surface area (Å²) in [5.41, 5.74) is 8.56. The Labute approximate surface area is 120 Å². The van der Waals surface area contributed by atoms with Crippen molar-refractivity contribution in [2.75, 3.05) is 13.7 Å². The van der Waals surface area contributed by atoms with Crippen molar-refractivity contribution in [3.63, 3.8) is 0 Å². The molecule has 0 saturated carbocycles. The first-order chi connectivity index (χ1) is 9.15. The van der Waals surface area contributed by atoms with Crippen LogP contribution in [0.1, 0.15) is 30.9 Å². The molecule has 1 aromatic carbocycles. The SMILES string of the molecule is CCCC(OC)C(N)Cc1cc(Cl)cc2c1OCC2. The van der Waals surface area contributed by atoms with E-state index in [9.17, 15) is 0 Å². The first-order valence-corrected chi connectivity index (χ1v) is 7.26. The van der Waals surface area contributed by atoms with Gasteiger partial charge in [-0.05, 0) is 36.1 Å². The number of halogens is 1. The molecule has 0 spiro atoms. The number of methoxy groups -OCH3 is 1. The normalized spacial score (nSPS) is 16.8. The third kappa shape index (κ3) is 3.41. The summed E-state index contributed by atoms with van der Waals surface area (Å²) in [5.74, 6) is 0.978. The van der Waals surface area contributed by atoms with E-state index >= 15 is 0 Å². The van der Waals surface area contributed by atoms with E-state index in [1.54, 1.807) is 7.11 Å². The van der Waals surface area contributed by atoms with Gasteiger partial charge in [0.05, 0.1) is 12.7 Å². The number of hydrogen-bond acceptors (Lipinski definition) is 3. The molecular weight excluding hydrogens is 262 g/mol. The highest BCUT2D eigenvalue weighted by Gasteiger charge is 2.22. The van der Waals surface area contributed by atoms with Crippen molar-refractivity contribution >= 4 is 11.6 Å². The summed E-state index contributed by atoms with van der Waals surface area (Å²) in [7, 11) is 1.72. The van der Waals surface area contributed by atoms with Crippen LogP contribution in [0.4, 0.5) is 0 Å². The molecule has 2 rings (SSSR count). The fourth-order valence-electron chi connectivity index (χ4n) is 2.67. The van der Waals surface area contributed by atoms with Gasteiger partial charge in [-0.2, -0.15) is 0 Å². The molecule has 2 atom stereocenters. The van der Waals surface area contributed by atoms with Crippen molar-refractivity contribution in [1.82, 2.24) is 0 Å². The van der Waals surface area contributed by atoms with Gasteiger partial charge in [0.25, 0.3) is 0 Å². The Bertz CT molecular complexity index is 436. The Kier molecular flexibility index (Phi) is 5.08. The smallest absolute Gasteiger partial charge is 0.125 e. The lowest BCUT2D eigenvalue weighted by Gasteiger charge is -2.23. The predicted molar refractivity (Wildman–Crippen MR) is 78.0 cm³/mol. The van der Waals surface area contributed by atoms with Gasteiger partial charge in [-0.15, -0.1) is 0 Å². The van der Waals surface area contributed by atoms with Crippen LogP contribution in [-0.4, -0.2) is 25.9 Å². The third-order valence-corrected chi connectivity index (χ3v) is 3.85. The van der Waals surface area contributed by atoms with Crippen LogP contribution in [0.3, 0.4) is 0 Å². The summed E-state index contributed by atoms with van der Waals surface area (Å²) in [5, 5.41) is 0.760. The maximum absolute atomic E-state index is 6.27. The van der Waals surface area contributed by atoms with E-state index in [0.29, 0.717) is 0 Å². The van der Waals surface area contributed by atoms with E-state index in [1.807, 2.05) is 12.1 Å². The molecule has 1 aliphatic heterocycles. The number of fused-ring (bicyclic) bond motifs is 1. The van der Waals surface area contributed by atoms with Crippen molar-refractivity contribution in [3.05, 3.63) is 28.3 Å². The van der Waals surface area contributed by atoms with E-state index in [0.717, 1.165) is 48.6 Å². The molecule has 0 amide bonds. The topological polar surface area (TPSA) is 44.5 Å². The van der Waals surface area contributed by atoms with Crippen LogP contribution in [0.15, 0.2) is 12.1 Å². The first kappa shape index (κ1) is 14.6. The number of nitrogens with two attached hydrogens (primary N) is 1. The highest BCUT2D eigenvalue weighted by Crippen LogP contribution is 2.33. The summed E-state index contributed by atoms with van der Waals surface area (Å²) < 4.78 is 11.2. The summed E-state index contributed by atoms with van der Waals surface area (Å²) in [4.78, 5) is 0. The van der Waals surface area contributed by atoms with Crippen molar-refractivity contribution in [3.8, 4) is 5.75 Å². The van der Waals surface area contributed by atoms with Crippen LogP contribution in [0.5, 0.6) is 5.75 Å². The molecule has 0 aliphatic carbocycles. The van der Waals surface area contributed by atoms with Gasteiger partial charge >= 0.3 is 0 Å². The van der Waals surface area contributed by atoms with Crippen LogP contribution in [-0.2, 0) is 17.6 Å². The Morgan fingerprint density at radius 3 is 2.95 bits per heavy atom. The molecule has 2 N–H and O–H groups in total. The molecule has 0 radical (unpaired) electrons. The second-order valence-corrected chi connectivity index (χ2v) is 5.52. The molecule has 1 aliphatic rings. The van der Waals surface area contributed by atoms with E-state index < -0.39 is 0 Å². The molecule has 1 heterocycles. The van der Waals surface area contributed by atoms with Crippen molar-refractivity contribution in [2.24, 2.45) is 5.73 Å². The van der Waals surface area contributed by atoms with Crippen molar-refractivity contribution in [2.45, 2.75) is 44.8 Å². The van der Waals surface area contributed by atoms with Gasteiger partial charge in [0.2, 0.25) is 0 Å². The molecule has 0 bridgehead atoms. The van der Waals surface area contributed by atoms with Crippen molar-refractivity contribution in [1.29, 1.82) is 0 Å². The Hall–Kier alpha value is -0.770. The zero-order valence-electron chi connectivity index (χ0n) is 11.6. The predicted octanol–water partition coefficient (Wildman–Crippen LogP) is 2.96. The average molecular weight is 284 g/mol. The van der Waals surface area contributed by atoms with Crippen LogP contribution in [0.2, 0.25) is 5.02 Å². The lowest BCUT2D eigenvalue weighted by molar-refractivity contribution is 0.0725. The first-order valence-electron chi connectivity index (χ1n) is 6.88. The molecule has 2 unspecified atom stereocenters. The highest BCUT2D eigenvalue weighted by molar-refractivity contribution is 6.30. The van der Waals surface area contributed by atoms with E-state index in [-0.39, 0.29) is 12.1 Å². The maximum atomic E-state index is 6.27. The van der Waals surface area contributed by atoms with Crippen LogP contribution >= 0.6 is 11.6 Å². The third-order valence-electron chi connectivity index (χ3n) is 3.63. The minimum Gasteiger partial charge on any atom is -0.493 e. The molecule has 3 nitrogen and oxygen atoms in total. The molecule has 0 saturated heterocycles. The monoisotopic (exact) mass is 283 g/mol. The summed E-state index contributed by atoms with van der Waals surface area (Å²) in [6, 6.07) is 3.92. The Morgan fingerprint density at radius 2 is 2.26 bits per heavy atom. The highest BCUT2D eigenvalue weighted by atomic mass is 35.5. The quantitative estimate of drug-likeness (QED) is 0.873. The van der Waals surface area contributed by atoms with Gasteiger partial charge in [0.1, 0.15) is 5.75 Å². The van der Waals surface area contributed by atoms with Gasteiger partial charge in [-0.25, -0.2) is 0 Å². The van der Waals surface area contributed by atoms with Crippen LogP contribution in [0, 0.1) is 0 Å². The molecule has 4 heteroatoms. The summed E-state index contributed by atoms with van der Waals surface area (Å²) in [6.07, 6.45) is 3.79. The molecule has 19 heavy (non-hydrogen) atoms. The van der Waals surface area contributed by atoms with Gasteiger partial charge < -0.3 is 15.2 Å². The van der Waals surface area contributed by atoms with Gasteiger partial charge in [-0.1, -0.05) is 24.9 Å². The number of rotatable bonds is 6. The second kappa shape index (κ2) is 6.60. The number of benzene rings is 1. The Balaban J connectivity index is 2.14. The fraction of sp³-hybridized carbons (Fsp3) is 0.600. The molecule has 0 fully saturated rings. The minimum atomic E-state index is -0.0308. The number of ether oxygens (including phenoxy) is 2. The van der Waals surface area contributed by atoms with Gasteiger partial charge in [-0.3, -0.25) is 0 Å². The van der Waals surface area contributed by atoms with E-state index in [4.69, 9.17) is 26.8 Å². The minimum absolute atomic E-state index is 0.0308. The maximum Gasteiger partial charge on any atom is 0.125 e. The lowest BCUT2D eigenvalue weighted by atomic mass is 9.97. The largest absolute Gasteiger partial charge is 0.493 e. The molecule has 106 valence electrons. The van der Waals surface area contributed by atoms with Crippen LogP contribution < -0.4 is 10.5 Å². The summed E-state index contributed by atoms with van der Waals surface area (Å²) in [6.45, 7) is 2.87. The number of hydrogen-bond donors (Lipinski definition) is 1. The molecule has 1 aromatic rings. The van der Waals surface area contributed by atoms with E-state index in [1.165, 1.54) is 5.56 Å². The standard InChI is InChI=1S/C15H22ClNO2/c1-3-4-14(18-2)13(17)9-11-8-12(16)7-10-5-6-19-15(10)11/h7-8,13-14H,3-6,9,17H2,1-2H3. The van der Waals surface area contributed by atoms with E-state index in [2.05, 4.69) is 6.92 Å².